The van der Waals surface area contributed by atoms with Crippen molar-refractivity contribution < 1.29 is 0 Å². The van der Waals surface area contributed by atoms with E-state index in [0.717, 1.165) is 0 Å². The molecule has 78 valence electrons. The molecule has 1 unspecified atom stereocenters. The molecule has 2 rings (SSSR count). The Balaban J connectivity index is 2.09. The van der Waals surface area contributed by atoms with E-state index in [1.54, 1.807) is 17.5 Å². The van der Waals surface area contributed by atoms with Crippen molar-refractivity contribution in [1.82, 2.24) is 9.97 Å². The van der Waals surface area contributed by atoms with E-state index in [2.05, 4.69) is 39.0 Å². The average Bonchev–Trinajstić information content (AvgIpc) is 2.70. The normalized spacial score (nSPS) is 12.3. The molecular weight excluding hydrogens is 208 g/mol. The maximum Gasteiger partial charge on any atom is 0.147 e. The second-order valence-corrected chi connectivity index (χ2v) is 4.03. The largest absolute Gasteiger partial charge is 0.382 e. The minimum atomic E-state index is 0.215. The third kappa shape index (κ3) is 2.44. The van der Waals surface area contributed by atoms with E-state index in [0.29, 0.717) is 11.6 Å². The molecular formula is C10H12N4S. The maximum atomic E-state index is 5.54. The number of anilines is 2. The second kappa shape index (κ2) is 4.27. The number of nitrogens with two attached hydrogens (primary N) is 1. The number of hydrogen-bond donors (Lipinski definition) is 2. The molecule has 5 heteroatoms. The van der Waals surface area contributed by atoms with E-state index >= 15 is 0 Å². The third-order valence-corrected chi connectivity index (χ3v) is 2.76. The van der Waals surface area contributed by atoms with E-state index in [9.17, 15) is 0 Å². The van der Waals surface area contributed by atoms with Gasteiger partial charge in [-0.25, -0.2) is 4.98 Å². The van der Waals surface area contributed by atoms with Crippen molar-refractivity contribution >= 4 is 23.0 Å². The van der Waals surface area contributed by atoms with Gasteiger partial charge >= 0.3 is 0 Å². The van der Waals surface area contributed by atoms with Gasteiger partial charge in [0.15, 0.2) is 0 Å². The van der Waals surface area contributed by atoms with Gasteiger partial charge in [-0.15, -0.1) is 0 Å². The van der Waals surface area contributed by atoms with Crippen molar-refractivity contribution in [3.05, 3.63) is 34.8 Å². The minimum Gasteiger partial charge on any atom is -0.382 e. The van der Waals surface area contributed by atoms with Crippen molar-refractivity contribution in [3.8, 4) is 0 Å². The Hall–Kier alpha value is -1.62. The summed E-state index contributed by atoms with van der Waals surface area (Å²) in [5, 5.41) is 7.40. The predicted octanol–water partition coefficient (Wildman–Crippen LogP) is 2.29. The first-order valence-electron chi connectivity index (χ1n) is 4.62. The Morgan fingerprint density at radius 2 is 2.33 bits per heavy atom. The summed E-state index contributed by atoms with van der Waals surface area (Å²) >= 11 is 1.68. The molecule has 4 nitrogen and oxygen atoms in total. The lowest BCUT2D eigenvalue weighted by Gasteiger charge is -2.12. The molecule has 0 spiro atoms. The monoisotopic (exact) mass is 220 g/mol. The molecule has 2 aromatic heterocycles. The molecule has 3 N–H and O–H groups in total. The van der Waals surface area contributed by atoms with Crippen LogP contribution >= 0.6 is 11.3 Å². The molecule has 0 aliphatic rings. The lowest BCUT2D eigenvalue weighted by Crippen LogP contribution is -2.08. The molecule has 0 amide bonds. The van der Waals surface area contributed by atoms with Crippen molar-refractivity contribution in [2.24, 2.45) is 0 Å². The van der Waals surface area contributed by atoms with Gasteiger partial charge in [0, 0.05) is 0 Å². The average molecular weight is 220 g/mol. The van der Waals surface area contributed by atoms with Crippen LogP contribution in [0.15, 0.2) is 29.2 Å². The third-order valence-electron chi connectivity index (χ3n) is 2.06. The molecule has 1 atom stereocenters. The highest BCUT2D eigenvalue weighted by atomic mass is 32.1. The summed E-state index contributed by atoms with van der Waals surface area (Å²) < 4.78 is 0. The first-order chi connectivity index (χ1) is 7.25. The Morgan fingerprint density at radius 3 is 3.00 bits per heavy atom. The van der Waals surface area contributed by atoms with Crippen LogP contribution < -0.4 is 11.1 Å². The van der Waals surface area contributed by atoms with Crippen LogP contribution in [-0.4, -0.2) is 9.97 Å². The Morgan fingerprint density at radius 1 is 1.47 bits per heavy atom. The summed E-state index contributed by atoms with van der Waals surface area (Å²) in [7, 11) is 0. The highest BCUT2D eigenvalue weighted by Crippen LogP contribution is 2.19. The predicted molar refractivity (Wildman–Crippen MR) is 62.8 cm³/mol. The van der Waals surface area contributed by atoms with Gasteiger partial charge in [0.2, 0.25) is 0 Å². The number of hydrogen-bond acceptors (Lipinski definition) is 5. The fourth-order valence-electron chi connectivity index (χ4n) is 1.28. The van der Waals surface area contributed by atoms with Crippen LogP contribution in [0, 0.1) is 0 Å². The number of nitrogens with zero attached hydrogens (tertiary/aromatic N) is 2. The fraction of sp³-hybridized carbons (Fsp3) is 0.200. The molecule has 0 radical (unpaired) electrons. The van der Waals surface area contributed by atoms with Crippen molar-refractivity contribution in [2.45, 2.75) is 13.0 Å². The summed E-state index contributed by atoms with van der Waals surface area (Å²) in [6, 6.07) is 2.30. The van der Waals surface area contributed by atoms with E-state index < -0.39 is 0 Å². The number of nitrogen functional groups attached to an aromatic ring is 1. The SMILES string of the molecule is CC(Nc1cncc(N)n1)c1ccsc1. The fourth-order valence-corrected chi connectivity index (χ4v) is 2.03. The first kappa shape index (κ1) is 9.92. The van der Waals surface area contributed by atoms with E-state index in [1.807, 2.05) is 0 Å². The zero-order chi connectivity index (χ0) is 10.7. The minimum absolute atomic E-state index is 0.215. The quantitative estimate of drug-likeness (QED) is 0.833. The van der Waals surface area contributed by atoms with Crippen LogP contribution in [0.3, 0.4) is 0 Å². The first-order valence-corrected chi connectivity index (χ1v) is 5.56. The summed E-state index contributed by atoms with van der Waals surface area (Å²) in [6.45, 7) is 2.08. The van der Waals surface area contributed by atoms with Gasteiger partial charge in [-0.2, -0.15) is 11.3 Å². The van der Waals surface area contributed by atoms with Crippen LogP contribution in [-0.2, 0) is 0 Å². The van der Waals surface area contributed by atoms with Gasteiger partial charge in [-0.3, -0.25) is 4.98 Å². The topological polar surface area (TPSA) is 63.8 Å². The highest BCUT2D eigenvalue weighted by Gasteiger charge is 2.06. The van der Waals surface area contributed by atoms with E-state index in [1.165, 1.54) is 11.8 Å². The molecule has 0 bridgehead atoms. The van der Waals surface area contributed by atoms with Crippen LogP contribution in [0.2, 0.25) is 0 Å². The standard InChI is InChI=1S/C10H12N4S/c1-7(8-2-3-15-6-8)13-10-5-12-4-9(11)14-10/h2-7H,1H3,(H3,11,13,14). The van der Waals surface area contributed by atoms with Crippen LogP contribution in [0.1, 0.15) is 18.5 Å². The summed E-state index contributed by atoms with van der Waals surface area (Å²) in [4.78, 5) is 8.10. The molecule has 0 saturated carbocycles. The number of rotatable bonds is 3. The van der Waals surface area contributed by atoms with Gasteiger partial charge in [-0.05, 0) is 29.3 Å². The maximum absolute atomic E-state index is 5.54. The van der Waals surface area contributed by atoms with Crippen molar-refractivity contribution in [2.75, 3.05) is 11.1 Å². The Kier molecular flexibility index (Phi) is 2.82. The summed E-state index contributed by atoms with van der Waals surface area (Å²) in [5.41, 5.74) is 6.78. The number of nitrogens with one attached hydrogen (secondary N) is 1. The number of thiophene rings is 1. The van der Waals surface area contributed by atoms with Gasteiger partial charge in [0.05, 0.1) is 18.4 Å². The van der Waals surface area contributed by atoms with Crippen LogP contribution in [0.25, 0.3) is 0 Å². The zero-order valence-corrected chi connectivity index (χ0v) is 9.16. The molecule has 0 aromatic carbocycles. The molecule has 0 fully saturated rings. The molecule has 2 heterocycles. The highest BCUT2D eigenvalue weighted by molar-refractivity contribution is 7.07. The van der Waals surface area contributed by atoms with Crippen molar-refractivity contribution in [1.29, 1.82) is 0 Å². The van der Waals surface area contributed by atoms with Crippen LogP contribution in [0.5, 0.6) is 0 Å². The van der Waals surface area contributed by atoms with Crippen molar-refractivity contribution in [3.63, 3.8) is 0 Å². The summed E-state index contributed by atoms with van der Waals surface area (Å²) in [6.07, 6.45) is 3.19. The molecule has 0 aliphatic carbocycles. The smallest absolute Gasteiger partial charge is 0.147 e. The molecule has 15 heavy (non-hydrogen) atoms. The number of aromatic nitrogens is 2. The zero-order valence-electron chi connectivity index (χ0n) is 8.34. The van der Waals surface area contributed by atoms with E-state index in [-0.39, 0.29) is 6.04 Å². The van der Waals surface area contributed by atoms with Gasteiger partial charge in [-0.1, -0.05) is 0 Å². The molecule has 0 saturated heterocycles. The lowest BCUT2D eigenvalue weighted by atomic mass is 10.2. The van der Waals surface area contributed by atoms with Crippen LogP contribution in [0.4, 0.5) is 11.6 Å². The van der Waals surface area contributed by atoms with Gasteiger partial charge in [0.25, 0.3) is 0 Å². The van der Waals surface area contributed by atoms with Gasteiger partial charge in [0.1, 0.15) is 11.6 Å². The Bertz CT molecular complexity index is 427. The second-order valence-electron chi connectivity index (χ2n) is 3.25. The Labute approximate surface area is 92.2 Å². The summed E-state index contributed by atoms with van der Waals surface area (Å²) in [5.74, 6) is 1.13. The molecule has 2 aromatic rings. The van der Waals surface area contributed by atoms with Gasteiger partial charge < -0.3 is 11.1 Å². The van der Waals surface area contributed by atoms with E-state index in [4.69, 9.17) is 5.73 Å². The lowest BCUT2D eigenvalue weighted by molar-refractivity contribution is 0.877. The molecule has 0 aliphatic heterocycles.